The maximum atomic E-state index is 12.5. The second-order valence-electron chi connectivity index (χ2n) is 4.53. The van der Waals surface area contributed by atoms with Gasteiger partial charge >= 0.3 is 0 Å². The molecule has 6 heteroatoms. The maximum Gasteiger partial charge on any atom is 0.268 e. The number of carbonyl (C=O) groups is 2. The van der Waals surface area contributed by atoms with Crippen LogP contribution in [0, 0.1) is 0 Å². The van der Waals surface area contributed by atoms with Crippen molar-refractivity contribution in [3.63, 3.8) is 0 Å². The number of anilines is 2. The van der Waals surface area contributed by atoms with E-state index in [0.29, 0.717) is 27.2 Å². The van der Waals surface area contributed by atoms with Crippen LogP contribution in [-0.2, 0) is 0 Å². The van der Waals surface area contributed by atoms with Crippen LogP contribution in [0.4, 0.5) is 11.4 Å². The third kappa shape index (κ3) is 1.99. The molecule has 0 unspecified atom stereocenters. The molecule has 3 rings (SSSR count). The van der Waals surface area contributed by atoms with Crippen LogP contribution < -0.4 is 15.4 Å². The molecule has 2 aromatic carbocycles. The minimum Gasteiger partial charge on any atom is -0.496 e. The van der Waals surface area contributed by atoms with Crippen molar-refractivity contribution in [3.05, 3.63) is 52.0 Å². The Kier molecular flexibility index (Phi) is 3.17. The number of ether oxygens (including phenoxy) is 1. The van der Waals surface area contributed by atoms with Crippen LogP contribution in [0.15, 0.2) is 40.9 Å². The smallest absolute Gasteiger partial charge is 0.268 e. The highest BCUT2D eigenvalue weighted by molar-refractivity contribution is 9.10. The van der Waals surface area contributed by atoms with E-state index in [9.17, 15) is 9.59 Å². The number of benzene rings is 2. The number of hydrogen-bond donors (Lipinski definition) is 1. The summed E-state index contributed by atoms with van der Waals surface area (Å²) < 4.78 is 5.80. The molecule has 1 aliphatic rings. The van der Waals surface area contributed by atoms with Gasteiger partial charge in [-0.1, -0.05) is 6.07 Å². The zero-order chi connectivity index (χ0) is 15.1. The van der Waals surface area contributed by atoms with Gasteiger partial charge in [0.25, 0.3) is 11.8 Å². The predicted molar refractivity (Wildman–Crippen MR) is 82.7 cm³/mol. The zero-order valence-corrected chi connectivity index (χ0v) is 12.7. The number of imide groups is 1. The molecule has 0 saturated carbocycles. The Morgan fingerprint density at radius 1 is 1.14 bits per heavy atom. The van der Waals surface area contributed by atoms with Gasteiger partial charge in [-0.2, -0.15) is 0 Å². The van der Waals surface area contributed by atoms with Gasteiger partial charge in [-0.25, -0.2) is 4.90 Å². The zero-order valence-electron chi connectivity index (χ0n) is 11.1. The molecule has 0 atom stereocenters. The number of nitrogens with two attached hydrogens (primary N) is 1. The highest BCUT2D eigenvalue weighted by Gasteiger charge is 2.38. The fourth-order valence-electron chi connectivity index (χ4n) is 2.34. The summed E-state index contributed by atoms with van der Waals surface area (Å²) in [7, 11) is 1.54. The Bertz CT molecular complexity index is 774. The molecule has 106 valence electrons. The van der Waals surface area contributed by atoms with Crippen LogP contribution >= 0.6 is 15.9 Å². The number of amides is 2. The molecular formula is C15H11BrN2O3. The summed E-state index contributed by atoms with van der Waals surface area (Å²) in [6.45, 7) is 0. The number of halogens is 1. The summed E-state index contributed by atoms with van der Waals surface area (Å²) in [5, 5.41) is 0. The quantitative estimate of drug-likeness (QED) is 0.670. The molecule has 2 N–H and O–H groups in total. The Morgan fingerprint density at radius 3 is 2.52 bits per heavy atom. The average molecular weight is 347 g/mol. The molecule has 1 aliphatic heterocycles. The Balaban J connectivity index is 2.10. The van der Waals surface area contributed by atoms with Gasteiger partial charge < -0.3 is 10.5 Å². The van der Waals surface area contributed by atoms with Gasteiger partial charge in [0.15, 0.2) is 0 Å². The second kappa shape index (κ2) is 4.89. The largest absolute Gasteiger partial charge is 0.496 e. The van der Waals surface area contributed by atoms with Gasteiger partial charge in [0.05, 0.1) is 28.4 Å². The number of hydrogen-bond acceptors (Lipinski definition) is 4. The summed E-state index contributed by atoms with van der Waals surface area (Å²) >= 11 is 3.34. The number of carbonyl (C=O) groups excluding carboxylic acids is 2. The molecule has 0 radical (unpaired) electrons. The van der Waals surface area contributed by atoms with Crippen molar-refractivity contribution in [3.8, 4) is 5.75 Å². The molecule has 0 saturated heterocycles. The molecule has 2 amide bonds. The van der Waals surface area contributed by atoms with Crippen molar-refractivity contribution in [2.45, 2.75) is 0 Å². The maximum absolute atomic E-state index is 12.5. The van der Waals surface area contributed by atoms with E-state index in [1.807, 2.05) is 0 Å². The number of nitrogen functional groups attached to an aromatic ring is 1. The van der Waals surface area contributed by atoms with Gasteiger partial charge in [-0.05, 0) is 46.3 Å². The van der Waals surface area contributed by atoms with Gasteiger partial charge in [-0.15, -0.1) is 0 Å². The van der Waals surface area contributed by atoms with Crippen molar-refractivity contribution in [1.29, 1.82) is 0 Å². The van der Waals surface area contributed by atoms with Crippen molar-refractivity contribution in [2.24, 2.45) is 0 Å². The Labute approximate surface area is 129 Å². The minimum absolute atomic E-state index is 0.259. The third-order valence-corrected chi connectivity index (χ3v) is 3.96. The average Bonchev–Trinajstić information content (AvgIpc) is 2.72. The summed E-state index contributed by atoms with van der Waals surface area (Å²) in [5.41, 5.74) is 7.17. The fraction of sp³-hybridized carbons (Fsp3) is 0.0667. The lowest BCUT2D eigenvalue weighted by Gasteiger charge is -2.15. The van der Waals surface area contributed by atoms with Crippen molar-refractivity contribution < 1.29 is 14.3 Å². The second-order valence-corrected chi connectivity index (χ2v) is 5.39. The van der Waals surface area contributed by atoms with E-state index >= 15 is 0 Å². The summed E-state index contributed by atoms with van der Waals surface area (Å²) in [6, 6.07) is 9.87. The minimum atomic E-state index is -0.412. The third-order valence-electron chi connectivity index (χ3n) is 3.34. The Morgan fingerprint density at radius 2 is 1.90 bits per heavy atom. The molecule has 0 fully saturated rings. The first-order valence-corrected chi connectivity index (χ1v) is 6.94. The molecule has 21 heavy (non-hydrogen) atoms. The van der Waals surface area contributed by atoms with E-state index in [-0.39, 0.29) is 11.5 Å². The van der Waals surface area contributed by atoms with Crippen molar-refractivity contribution in [2.75, 3.05) is 17.7 Å². The highest BCUT2D eigenvalue weighted by Crippen LogP contribution is 2.35. The molecule has 0 bridgehead atoms. The molecule has 1 heterocycles. The van der Waals surface area contributed by atoms with E-state index < -0.39 is 5.91 Å². The number of fused-ring (bicyclic) bond motifs is 1. The van der Waals surface area contributed by atoms with Crippen LogP contribution in [0.5, 0.6) is 5.75 Å². The fourth-order valence-corrected chi connectivity index (χ4v) is 2.87. The monoisotopic (exact) mass is 346 g/mol. The van der Waals surface area contributed by atoms with Gasteiger partial charge in [0, 0.05) is 5.69 Å². The normalized spacial score (nSPS) is 13.5. The van der Waals surface area contributed by atoms with Crippen LogP contribution in [0.25, 0.3) is 0 Å². The van der Waals surface area contributed by atoms with Gasteiger partial charge in [-0.3, -0.25) is 9.59 Å². The number of nitrogens with zero attached hydrogens (tertiary/aromatic N) is 1. The van der Waals surface area contributed by atoms with E-state index in [4.69, 9.17) is 10.5 Å². The van der Waals surface area contributed by atoms with E-state index in [1.165, 1.54) is 0 Å². The summed E-state index contributed by atoms with van der Waals surface area (Å²) in [5.74, 6) is -0.167. The summed E-state index contributed by atoms with van der Waals surface area (Å²) in [4.78, 5) is 26.0. The van der Waals surface area contributed by atoms with Crippen LogP contribution in [-0.4, -0.2) is 18.9 Å². The van der Waals surface area contributed by atoms with Crippen molar-refractivity contribution >= 4 is 39.1 Å². The first-order valence-electron chi connectivity index (χ1n) is 6.15. The van der Waals surface area contributed by atoms with Crippen LogP contribution in [0.1, 0.15) is 20.7 Å². The van der Waals surface area contributed by atoms with E-state index in [0.717, 1.165) is 4.90 Å². The topological polar surface area (TPSA) is 72.6 Å². The van der Waals surface area contributed by atoms with E-state index in [1.54, 1.807) is 43.5 Å². The molecule has 2 aromatic rings. The molecule has 0 spiro atoms. The molecular weight excluding hydrogens is 336 g/mol. The standard InChI is InChI=1S/C15H11BrN2O3/c1-21-12-6-5-8(7-10(12)16)18-14(19)9-3-2-4-11(17)13(9)15(18)20/h2-7H,17H2,1H3. The highest BCUT2D eigenvalue weighted by atomic mass is 79.9. The van der Waals surface area contributed by atoms with Crippen LogP contribution in [0.3, 0.4) is 0 Å². The lowest BCUT2D eigenvalue weighted by atomic mass is 10.1. The van der Waals surface area contributed by atoms with Gasteiger partial charge in [0.2, 0.25) is 0 Å². The van der Waals surface area contributed by atoms with Crippen LogP contribution in [0.2, 0.25) is 0 Å². The lowest BCUT2D eigenvalue weighted by Crippen LogP contribution is -2.29. The predicted octanol–water partition coefficient (Wildman–Crippen LogP) is 2.84. The molecule has 5 nitrogen and oxygen atoms in total. The van der Waals surface area contributed by atoms with Crippen molar-refractivity contribution in [1.82, 2.24) is 0 Å². The SMILES string of the molecule is COc1ccc(N2C(=O)c3cccc(N)c3C2=O)cc1Br. The Hall–Kier alpha value is -2.34. The molecule has 0 aliphatic carbocycles. The summed E-state index contributed by atoms with van der Waals surface area (Å²) in [6.07, 6.45) is 0. The number of methoxy groups -OCH3 is 1. The van der Waals surface area contributed by atoms with E-state index in [2.05, 4.69) is 15.9 Å². The van der Waals surface area contributed by atoms with Gasteiger partial charge in [0.1, 0.15) is 5.75 Å². The first-order chi connectivity index (χ1) is 10.0. The number of rotatable bonds is 2. The lowest BCUT2D eigenvalue weighted by molar-refractivity contribution is 0.0926. The first kappa shape index (κ1) is 13.6. The molecule has 0 aromatic heterocycles.